The van der Waals surface area contributed by atoms with E-state index in [0.717, 1.165) is 18.3 Å². The average molecular weight is 211 g/mol. The number of nitrogens with zero attached hydrogens (tertiary/aromatic N) is 1. The molecular formula is C13H25NO. The van der Waals surface area contributed by atoms with E-state index in [-0.39, 0.29) is 0 Å². The van der Waals surface area contributed by atoms with Gasteiger partial charge in [0.25, 0.3) is 0 Å². The second-order valence-electron chi connectivity index (χ2n) is 6.49. The molecule has 1 heterocycles. The van der Waals surface area contributed by atoms with Gasteiger partial charge in [-0.3, -0.25) is 0 Å². The zero-order valence-electron chi connectivity index (χ0n) is 10.3. The largest absolute Gasteiger partial charge is 0.396 e. The molecule has 2 rings (SSSR count). The SMILES string of the molecule is CC(C)(CCCO)CN1CC2(CCC2)C1. The normalized spacial score (nSPS) is 25.0. The molecule has 1 aliphatic heterocycles. The summed E-state index contributed by atoms with van der Waals surface area (Å²) in [5.41, 5.74) is 1.14. The Morgan fingerprint density at radius 2 is 1.93 bits per heavy atom. The third-order valence-electron chi connectivity index (χ3n) is 4.20. The lowest BCUT2D eigenvalue weighted by Gasteiger charge is -2.57. The lowest BCUT2D eigenvalue weighted by Crippen LogP contribution is -2.61. The van der Waals surface area contributed by atoms with Gasteiger partial charge in [0, 0.05) is 26.2 Å². The van der Waals surface area contributed by atoms with E-state index < -0.39 is 0 Å². The molecule has 1 saturated carbocycles. The molecule has 0 aromatic carbocycles. The highest BCUT2D eigenvalue weighted by Crippen LogP contribution is 2.48. The summed E-state index contributed by atoms with van der Waals surface area (Å²) in [5, 5.41) is 8.85. The molecule has 0 atom stereocenters. The van der Waals surface area contributed by atoms with Crippen LogP contribution in [0.2, 0.25) is 0 Å². The predicted molar refractivity (Wildman–Crippen MR) is 62.8 cm³/mol. The third kappa shape index (κ3) is 2.54. The van der Waals surface area contributed by atoms with Crippen LogP contribution in [0.3, 0.4) is 0 Å². The Morgan fingerprint density at radius 1 is 1.27 bits per heavy atom. The van der Waals surface area contributed by atoms with Crippen LogP contribution in [0.15, 0.2) is 0 Å². The van der Waals surface area contributed by atoms with Crippen LogP contribution >= 0.6 is 0 Å². The Bertz CT molecular complexity index is 213. The van der Waals surface area contributed by atoms with Crippen molar-refractivity contribution >= 4 is 0 Å². The molecule has 0 aromatic heterocycles. The lowest BCUT2D eigenvalue weighted by molar-refractivity contribution is -0.0757. The summed E-state index contributed by atoms with van der Waals surface area (Å²) >= 11 is 0. The summed E-state index contributed by atoms with van der Waals surface area (Å²) in [6, 6.07) is 0. The van der Waals surface area contributed by atoms with E-state index in [2.05, 4.69) is 18.7 Å². The first-order valence-electron chi connectivity index (χ1n) is 6.39. The highest BCUT2D eigenvalue weighted by molar-refractivity contribution is 5.01. The molecule has 0 radical (unpaired) electrons. The molecule has 88 valence electrons. The van der Waals surface area contributed by atoms with Gasteiger partial charge < -0.3 is 10.0 Å². The van der Waals surface area contributed by atoms with Crippen LogP contribution < -0.4 is 0 Å². The van der Waals surface area contributed by atoms with Crippen LogP contribution in [-0.2, 0) is 0 Å². The van der Waals surface area contributed by atoms with E-state index in [1.807, 2.05) is 0 Å². The minimum atomic E-state index is 0.341. The van der Waals surface area contributed by atoms with Crippen LogP contribution in [-0.4, -0.2) is 36.2 Å². The topological polar surface area (TPSA) is 23.5 Å². The standard InChI is InChI=1S/C13H25NO/c1-12(2,5-4-8-15)9-14-10-13(11-14)6-3-7-13/h15H,3-11H2,1-2H3. The maximum absolute atomic E-state index is 8.85. The van der Waals surface area contributed by atoms with Crippen molar-refractivity contribution in [3.8, 4) is 0 Å². The van der Waals surface area contributed by atoms with Crippen LogP contribution in [0, 0.1) is 10.8 Å². The second kappa shape index (κ2) is 4.06. The fourth-order valence-electron chi connectivity index (χ4n) is 3.25. The summed E-state index contributed by atoms with van der Waals surface area (Å²) in [6.45, 7) is 8.90. The van der Waals surface area contributed by atoms with Crippen molar-refractivity contribution in [2.45, 2.75) is 46.0 Å². The molecule has 2 nitrogen and oxygen atoms in total. The van der Waals surface area contributed by atoms with Crippen LogP contribution in [0.4, 0.5) is 0 Å². The summed E-state index contributed by atoms with van der Waals surface area (Å²) < 4.78 is 0. The Morgan fingerprint density at radius 3 is 2.40 bits per heavy atom. The van der Waals surface area contributed by atoms with Gasteiger partial charge in [-0.2, -0.15) is 0 Å². The highest BCUT2D eigenvalue weighted by Gasteiger charge is 2.47. The van der Waals surface area contributed by atoms with Crippen molar-refractivity contribution in [3.63, 3.8) is 0 Å². The van der Waals surface area contributed by atoms with Gasteiger partial charge >= 0.3 is 0 Å². The first kappa shape index (κ1) is 11.4. The number of hydrogen-bond donors (Lipinski definition) is 1. The van der Waals surface area contributed by atoms with Gasteiger partial charge in [-0.05, 0) is 36.5 Å². The van der Waals surface area contributed by atoms with E-state index in [0.29, 0.717) is 12.0 Å². The molecule has 1 spiro atoms. The van der Waals surface area contributed by atoms with Gasteiger partial charge in [0.05, 0.1) is 0 Å². The van der Waals surface area contributed by atoms with Crippen LogP contribution in [0.5, 0.6) is 0 Å². The Balaban J connectivity index is 1.68. The zero-order chi connectivity index (χ0) is 10.9. The molecular weight excluding hydrogens is 186 g/mol. The van der Waals surface area contributed by atoms with Crippen molar-refractivity contribution in [2.24, 2.45) is 10.8 Å². The molecule has 15 heavy (non-hydrogen) atoms. The van der Waals surface area contributed by atoms with Crippen molar-refractivity contribution < 1.29 is 5.11 Å². The van der Waals surface area contributed by atoms with Crippen LogP contribution in [0.1, 0.15) is 46.0 Å². The molecule has 1 N–H and O–H groups in total. The zero-order valence-corrected chi connectivity index (χ0v) is 10.3. The Hall–Kier alpha value is -0.0800. The first-order valence-corrected chi connectivity index (χ1v) is 6.39. The number of hydrogen-bond acceptors (Lipinski definition) is 2. The minimum Gasteiger partial charge on any atom is -0.396 e. The first-order chi connectivity index (χ1) is 7.05. The van der Waals surface area contributed by atoms with Gasteiger partial charge in [-0.1, -0.05) is 20.3 Å². The van der Waals surface area contributed by atoms with Gasteiger partial charge in [0.15, 0.2) is 0 Å². The quantitative estimate of drug-likeness (QED) is 0.754. The molecule has 0 bridgehead atoms. The Labute approximate surface area is 93.7 Å². The highest BCUT2D eigenvalue weighted by atomic mass is 16.2. The summed E-state index contributed by atoms with van der Waals surface area (Å²) in [6.07, 6.45) is 6.50. The van der Waals surface area contributed by atoms with Crippen molar-refractivity contribution in [2.75, 3.05) is 26.2 Å². The minimum absolute atomic E-state index is 0.341. The number of rotatable bonds is 5. The van der Waals surface area contributed by atoms with Crippen molar-refractivity contribution in [3.05, 3.63) is 0 Å². The van der Waals surface area contributed by atoms with Crippen LogP contribution in [0.25, 0.3) is 0 Å². The maximum Gasteiger partial charge on any atom is 0.0431 e. The van der Waals surface area contributed by atoms with Crippen molar-refractivity contribution in [1.82, 2.24) is 4.90 Å². The van der Waals surface area contributed by atoms with Crippen molar-refractivity contribution in [1.29, 1.82) is 0 Å². The molecule has 0 amide bonds. The predicted octanol–water partition coefficient (Wildman–Crippen LogP) is 2.27. The van der Waals surface area contributed by atoms with E-state index >= 15 is 0 Å². The summed E-state index contributed by atoms with van der Waals surface area (Å²) in [4.78, 5) is 2.61. The summed E-state index contributed by atoms with van der Waals surface area (Å²) in [7, 11) is 0. The molecule has 2 aliphatic rings. The second-order valence-corrected chi connectivity index (χ2v) is 6.49. The smallest absolute Gasteiger partial charge is 0.0431 e. The lowest BCUT2D eigenvalue weighted by atomic mass is 9.63. The van der Waals surface area contributed by atoms with E-state index in [4.69, 9.17) is 5.11 Å². The molecule has 2 fully saturated rings. The third-order valence-corrected chi connectivity index (χ3v) is 4.20. The fourth-order valence-corrected chi connectivity index (χ4v) is 3.25. The van der Waals surface area contributed by atoms with Gasteiger partial charge in [0.1, 0.15) is 0 Å². The monoisotopic (exact) mass is 211 g/mol. The average Bonchev–Trinajstić information content (AvgIpc) is 2.04. The van der Waals surface area contributed by atoms with E-state index in [1.165, 1.54) is 38.9 Å². The van der Waals surface area contributed by atoms with Gasteiger partial charge in [-0.15, -0.1) is 0 Å². The summed E-state index contributed by atoms with van der Waals surface area (Å²) in [5.74, 6) is 0. The van der Waals surface area contributed by atoms with E-state index in [1.54, 1.807) is 0 Å². The number of aliphatic hydroxyl groups excluding tert-OH is 1. The maximum atomic E-state index is 8.85. The number of aliphatic hydroxyl groups is 1. The van der Waals surface area contributed by atoms with E-state index in [9.17, 15) is 0 Å². The molecule has 1 aliphatic carbocycles. The fraction of sp³-hybridized carbons (Fsp3) is 1.00. The number of likely N-dealkylation sites (tertiary alicyclic amines) is 1. The molecule has 1 saturated heterocycles. The van der Waals surface area contributed by atoms with Gasteiger partial charge in [-0.25, -0.2) is 0 Å². The molecule has 2 heteroatoms. The van der Waals surface area contributed by atoms with Gasteiger partial charge in [0.2, 0.25) is 0 Å². The molecule has 0 unspecified atom stereocenters. The Kier molecular flexibility index (Phi) is 3.09. The molecule has 0 aromatic rings.